The lowest BCUT2D eigenvalue weighted by atomic mass is 10.1. The first kappa shape index (κ1) is 20.0. The van der Waals surface area contributed by atoms with Crippen molar-refractivity contribution in [2.24, 2.45) is 0 Å². The number of nitrogens with one attached hydrogen (secondary N) is 1. The Balaban J connectivity index is 1.72. The van der Waals surface area contributed by atoms with Gasteiger partial charge in [0.25, 0.3) is 0 Å². The molecule has 28 heavy (non-hydrogen) atoms. The first-order chi connectivity index (χ1) is 13.3. The Morgan fingerprint density at radius 2 is 1.93 bits per heavy atom. The lowest BCUT2D eigenvalue weighted by molar-refractivity contribution is -0.137. The third kappa shape index (κ3) is 4.54. The Hall–Kier alpha value is -2.79. The largest absolute Gasteiger partial charge is 0.508 e. The van der Waals surface area contributed by atoms with Gasteiger partial charge in [-0.2, -0.15) is 17.9 Å². The number of tetrazole rings is 1. The van der Waals surface area contributed by atoms with Crippen LogP contribution in [0.4, 0.5) is 18.9 Å². The molecule has 7 nitrogen and oxygen atoms in total. The van der Waals surface area contributed by atoms with Crippen LogP contribution in [0.25, 0.3) is 5.69 Å². The third-order valence-corrected chi connectivity index (χ3v) is 4.69. The number of hydrogen-bond donors (Lipinski definition) is 2. The second-order valence-electron chi connectivity index (χ2n) is 5.39. The molecule has 3 aromatic rings. The van der Waals surface area contributed by atoms with Crippen LogP contribution in [-0.4, -0.2) is 37.0 Å². The van der Waals surface area contributed by atoms with Gasteiger partial charge < -0.3 is 10.4 Å². The standard InChI is InChI=1S/C16H11ClF3N5O2S/c17-12-3-1-2-11(16(18,19)20)14(12)21-13(27)8-28-15-22-23-24-25(15)9-4-6-10(26)7-5-9/h1-7,26H,8H2,(H,21,27). The Morgan fingerprint density at radius 3 is 2.61 bits per heavy atom. The number of aromatic hydroxyl groups is 1. The first-order valence-electron chi connectivity index (χ1n) is 7.62. The minimum absolute atomic E-state index is 0.0608. The Bertz CT molecular complexity index is 995. The van der Waals surface area contributed by atoms with E-state index >= 15 is 0 Å². The smallest absolute Gasteiger partial charge is 0.418 e. The maximum Gasteiger partial charge on any atom is 0.418 e. The van der Waals surface area contributed by atoms with Gasteiger partial charge in [-0.3, -0.25) is 4.79 Å². The summed E-state index contributed by atoms with van der Waals surface area (Å²) in [6.07, 6.45) is -4.66. The van der Waals surface area contributed by atoms with Crippen LogP contribution in [0.3, 0.4) is 0 Å². The molecule has 1 heterocycles. The summed E-state index contributed by atoms with van der Waals surface area (Å²) in [6.45, 7) is 0. The van der Waals surface area contributed by atoms with Gasteiger partial charge in [0.05, 0.1) is 27.7 Å². The van der Waals surface area contributed by atoms with Crippen LogP contribution >= 0.6 is 23.4 Å². The average Bonchev–Trinajstić information content (AvgIpc) is 3.10. The Kier molecular flexibility index (Phi) is 5.75. The highest BCUT2D eigenvalue weighted by atomic mass is 35.5. The summed E-state index contributed by atoms with van der Waals surface area (Å²) < 4.78 is 40.6. The molecule has 12 heteroatoms. The summed E-state index contributed by atoms with van der Waals surface area (Å²) in [6, 6.07) is 9.25. The molecule has 0 saturated carbocycles. The summed E-state index contributed by atoms with van der Waals surface area (Å²) in [7, 11) is 0. The molecule has 0 aliphatic rings. The minimum atomic E-state index is -4.66. The number of para-hydroxylation sites is 1. The SMILES string of the molecule is O=C(CSc1nnnn1-c1ccc(O)cc1)Nc1c(Cl)cccc1C(F)(F)F. The maximum atomic E-state index is 13.1. The summed E-state index contributed by atoms with van der Waals surface area (Å²) in [5.41, 5.74) is -0.996. The highest BCUT2D eigenvalue weighted by molar-refractivity contribution is 7.99. The van der Waals surface area contributed by atoms with Crippen molar-refractivity contribution in [1.82, 2.24) is 20.2 Å². The zero-order valence-electron chi connectivity index (χ0n) is 13.8. The number of rotatable bonds is 5. The number of hydrogen-bond acceptors (Lipinski definition) is 6. The second kappa shape index (κ2) is 8.07. The monoisotopic (exact) mass is 429 g/mol. The van der Waals surface area contributed by atoms with E-state index in [0.717, 1.165) is 23.9 Å². The number of alkyl halides is 3. The van der Waals surface area contributed by atoms with Crippen LogP contribution in [0.15, 0.2) is 47.6 Å². The summed E-state index contributed by atoms with van der Waals surface area (Å²) in [5, 5.41) is 22.6. The van der Waals surface area contributed by atoms with E-state index in [1.807, 2.05) is 0 Å². The van der Waals surface area contributed by atoms with Gasteiger partial charge in [-0.25, -0.2) is 0 Å². The van der Waals surface area contributed by atoms with Gasteiger partial charge in [0.1, 0.15) is 5.75 Å². The molecule has 0 aliphatic heterocycles. The Morgan fingerprint density at radius 1 is 1.21 bits per heavy atom. The molecule has 1 amide bonds. The first-order valence-corrected chi connectivity index (χ1v) is 8.98. The molecule has 3 rings (SSSR count). The molecule has 0 atom stereocenters. The lowest BCUT2D eigenvalue weighted by Crippen LogP contribution is -2.18. The van der Waals surface area contributed by atoms with Crippen molar-refractivity contribution in [3.63, 3.8) is 0 Å². The van der Waals surface area contributed by atoms with E-state index in [4.69, 9.17) is 11.6 Å². The molecule has 0 bridgehead atoms. The normalized spacial score (nSPS) is 11.4. The number of benzene rings is 2. The number of carbonyl (C=O) groups excluding carboxylic acids is 1. The lowest BCUT2D eigenvalue weighted by Gasteiger charge is -2.15. The van der Waals surface area contributed by atoms with Crippen LogP contribution in [0.2, 0.25) is 5.02 Å². The van der Waals surface area contributed by atoms with Crippen LogP contribution in [0.1, 0.15) is 5.56 Å². The highest BCUT2D eigenvalue weighted by Gasteiger charge is 2.34. The number of aromatic nitrogens is 4. The van der Waals surface area contributed by atoms with Crippen molar-refractivity contribution in [3.8, 4) is 11.4 Å². The van der Waals surface area contributed by atoms with Gasteiger partial charge in [0.2, 0.25) is 11.1 Å². The van der Waals surface area contributed by atoms with E-state index in [1.54, 1.807) is 12.1 Å². The van der Waals surface area contributed by atoms with Crippen molar-refractivity contribution >= 4 is 35.0 Å². The number of phenols is 1. The topological polar surface area (TPSA) is 92.9 Å². The van der Waals surface area contributed by atoms with E-state index in [9.17, 15) is 23.1 Å². The number of carbonyl (C=O) groups is 1. The van der Waals surface area contributed by atoms with Crippen LogP contribution < -0.4 is 5.32 Å². The van der Waals surface area contributed by atoms with Crippen molar-refractivity contribution < 1.29 is 23.1 Å². The number of anilines is 1. The van der Waals surface area contributed by atoms with E-state index in [-0.39, 0.29) is 21.7 Å². The zero-order valence-corrected chi connectivity index (χ0v) is 15.4. The molecule has 0 radical (unpaired) electrons. The van der Waals surface area contributed by atoms with E-state index in [2.05, 4.69) is 20.8 Å². The fourth-order valence-electron chi connectivity index (χ4n) is 2.22. The quantitative estimate of drug-likeness (QED) is 0.600. The van der Waals surface area contributed by atoms with Crippen molar-refractivity contribution in [1.29, 1.82) is 0 Å². The number of phenolic OH excluding ortho intramolecular Hbond substituents is 1. The molecular weight excluding hydrogens is 419 g/mol. The fraction of sp³-hybridized carbons (Fsp3) is 0.125. The molecule has 2 aromatic carbocycles. The fourth-order valence-corrected chi connectivity index (χ4v) is 3.13. The predicted molar refractivity (Wildman–Crippen MR) is 96.6 cm³/mol. The van der Waals surface area contributed by atoms with Crippen LogP contribution in [0.5, 0.6) is 5.75 Å². The third-order valence-electron chi connectivity index (χ3n) is 3.45. The summed E-state index contributed by atoms with van der Waals surface area (Å²) >= 11 is 6.75. The van der Waals surface area contributed by atoms with E-state index in [0.29, 0.717) is 5.69 Å². The van der Waals surface area contributed by atoms with Gasteiger partial charge in [-0.05, 0) is 46.8 Å². The number of nitrogens with zero attached hydrogens (tertiary/aromatic N) is 4. The molecule has 0 saturated heterocycles. The molecule has 0 unspecified atom stereocenters. The molecular formula is C16H11ClF3N5O2S. The van der Waals surface area contributed by atoms with Gasteiger partial charge >= 0.3 is 6.18 Å². The highest BCUT2D eigenvalue weighted by Crippen LogP contribution is 2.38. The van der Waals surface area contributed by atoms with Gasteiger partial charge in [0.15, 0.2) is 0 Å². The second-order valence-corrected chi connectivity index (χ2v) is 6.74. The summed E-state index contributed by atoms with van der Waals surface area (Å²) in [4.78, 5) is 12.2. The van der Waals surface area contributed by atoms with Crippen molar-refractivity contribution in [2.45, 2.75) is 11.3 Å². The van der Waals surface area contributed by atoms with E-state index in [1.165, 1.54) is 22.9 Å². The molecule has 146 valence electrons. The van der Waals surface area contributed by atoms with Crippen molar-refractivity contribution in [3.05, 3.63) is 53.1 Å². The van der Waals surface area contributed by atoms with Gasteiger partial charge in [0, 0.05) is 0 Å². The summed E-state index contributed by atoms with van der Waals surface area (Å²) in [5.74, 6) is -0.893. The molecule has 0 aliphatic carbocycles. The van der Waals surface area contributed by atoms with Gasteiger partial charge in [-0.1, -0.05) is 29.4 Å². The Labute approximate surface area is 165 Å². The van der Waals surface area contributed by atoms with E-state index < -0.39 is 23.3 Å². The molecule has 0 spiro atoms. The van der Waals surface area contributed by atoms with Crippen molar-refractivity contribution in [2.75, 3.05) is 11.1 Å². The van der Waals surface area contributed by atoms with Crippen LogP contribution in [0, 0.1) is 0 Å². The molecule has 2 N–H and O–H groups in total. The molecule has 0 fully saturated rings. The van der Waals surface area contributed by atoms with Gasteiger partial charge in [-0.15, -0.1) is 5.10 Å². The number of amides is 1. The molecule has 1 aromatic heterocycles. The number of thioether (sulfide) groups is 1. The average molecular weight is 430 g/mol. The maximum absolute atomic E-state index is 13.1. The predicted octanol–water partition coefficient (Wildman–Crippen LogP) is 3.77. The number of halogens is 4. The minimum Gasteiger partial charge on any atom is -0.508 e. The zero-order chi connectivity index (χ0) is 20.3. The van der Waals surface area contributed by atoms with Crippen LogP contribution in [-0.2, 0) is 11.0 Å².